The number of aliphatic hydroxyl groups is 4. The number of halogens is 6. The van der Waals surface area contributed by atoms with Crippen molar-refractivity contribution in [1.82, 2.24) is 16.0 Å². The minimum absolute atomic E-state index is 0.00869. The molecule has 6 rings (SSSR count). The van der Waals surface area contributed by atoms with Crippen LogP contribution in [0.2, 0.25) is 0 Å². The lowest BCUT2D eigenvalue weighted by atomic mass is 9.93. The second kappa shape index (κ2) is 19.7. The van der Waals surface area contributed by atoms with Gasteiger partial charge < -0.3 is 50.6 Å². The van der Waals surface area contributed by atoms with Crippen LogP contribution in [0.1, 0.15) is 32.6 Å². The number of amides is 3. The molecule has 7 N–H and O–H groups in total. The Hall–Kier alpha value is -5.41. The van der Waals surface area contributed by atoms with Gasteiger partial charge in [0.2, 0.25) is 11.8 Å². The van der Waals surface area contributed by atoms with Gasteiger partial charge in [-0.3, -0.25) is 14.4 Å². The summed E-state index contributed by atoms with van der Waals surface area (Å²) in [5.41, 5.74) is -0.288. The van der Waals surface area contributed by atoms with Gasteiger partial charge in [0.1, 0.15) is 36.6 Å². The van der Waals surface area contributed by atoms with Crippen LogP contribution in [-0.2, 0) is 49.0 Å². The van der Waals surface area contributed by atoms with Crippen molar-refractivity contribution in [2.24, 2.45) is 0 Å². The van der Waals surface area contributed by atoms with Crippen molar-refractivity contribution >= 4 is 17.7 Å². The quantitative estimate of drug-likeness (QED) is 0.0982. The highest BCUT2D eigenvalue weighted by molar-refractivity contribution is 5.95. The number of benzene rings is 4. The number of carbonyl (C=O) groups is 3. The van der Waals surface area contributed by atoms with E-state index in [0.717, 1.165) is 47.5 Å². The highest BCUT2D eigenvalue weighted by atomic mass is 19.4. The van der Waals surface area contributed by atoms with Gasteiger partial charge in [-0.1, -0.05) is 78.9 Å². The van der Waals surface area contributed by atoms with E-state index in [0.29, 0.717) is 0 Å². The van der Waals surface area contributed by atoms with Crippen molar-refractivity contribution in [1.29, 1.82) is 0 Å². The van der Waals surface area contributed by atoms with Gasteiger partial charge in [0.15, 0.2) is 6.29 Å². The van der Waals surface area contributed by atoms with Gasteiger partial charge in [-0.15, -0.1) is 0 Å². The van der Waals surface area contributed by atoms with Crippen LogP contribution in [0.5, 0.6) is 0 Å². The number of carbonyl (C=O) groups excluding carboxylic acids is 3. The molecule has 62 heavy (non-hydrogen) atoms. The second-order valence-corrected chi connectivity index (χ2v) is 14.8. The van der Waals surface area contributed by atoms with Gasteiger partial charge in [0.25, 0.3) is 5.91 Å². The average Bonchev–Trinajstić information content (AvgIpc) is 3.24. The number of ether oxygens (including phenoxy) is 3. The first-order chi connectivity index (χ1) is 29.4. The van der Waals surface area contributed by atoms with E-state index in [9.17, 15) is 61.2 Å². The van der Waals surface area contributed by atoms with E-state index in [-0.39, 0.29) is 16.7 Å². The highest BCUT2D eigenvalue weighted by Gasteiger charge is 2.50. The largest absolute Gasteiger partial charge is 0.416 e. The van der Waals surface area contributed by atoms with Crippen molar-refractivity contribution < 1.29 is 75.4 Å². The SMILES string of the molecule is O=C(Cc1cccc(C(F)(F)F)c1)N[C@H]1[C@H](O[C@H]2[C@@H](NC(=O)c3ccc(-c4ccccc4)cc3)[C@@H](CO)OC[C@@H]2NC(=O)Cc2cccc(C(F)(F)F)c2)O[C@H](CO)[C@@H](O)[C@@H]1O. The number of nitrogens with one attached hydrogen (secondary N) is 3. The van der Waals surface area contributed by atoms with E-state index >= 15 is 0 Å². The van der Waals surface area contributed by atoms with Crippen LogP contribution in [-0.4, -0.2) is 113 Å². The summed E-state index contributed by atoms with van der Waals surface area (Å²) in [6.45, 7) is -2.03. The fourth-order valence-electron chi connectivity index (χ4n) is 7.30. The lowest BCUT2D eigenvalue weighted by Crippen LogP contribution is -2.70. The summed E-state index contributed by atoms with van der Waals surface area (Å²) >= 11 is 0. The number of hydrogen-bond donors (Lipinski definition) is 7. The number of hydrogen-bond acceptors (Lipinski definition) is 10. The molecular weight excluding hydrogens is 832 g/mol. The molecule has 0 unspecified atom stereocenters. The van der Waals surface area contributed by atoms with Crippen molar-refractivity contribution in [2.75, 3.05) is 19.8 Å². The van der Waals surface area contributed by atoms with E-state index in [1.165, 1.54) is 24.3 Å². The molecule has 13 nitrogen and oxygen atoms in total. The Balaban J connectivity index is 1.30. The van der Waals surface area contributed by atoms with Crippen LogP contribution < -0.4 is 16.0 Å². The van der Waals surface area contributed by atoms with Crippen LogP contribution in [0.15, 0.2) is 103 Å². The van der Waals surface area contributed by atoms with Crippen molar-refractivity contribution in [2.45, 2.75) is 80.1 Å². The van der Waals surface area contributed by atoms with Crippen LogP contribution in [0.3, 0.4) is 0 Å². The molecule has 0 aromatic heterocycles. The summed E-state index contributed by atoms with van der Waals surface area (Å²) in [6, 6.07) is 19.3. The molecular formula is C43H43F6N3O10. The third-order valence-corrected chi connectivity index (χ3v) is 10.5. The molecule has 3 amide bonds. The topological polar surface area (TPSA) is 196 Å². The molecule has 2 aliphatic rings. The van der Waals surface area contributed by atoms with Crippen LogP contribution >= 0.6 is 0 Å². The molecule has 2 fully saturated rings. The highest BCUT2D eigenvalue weighted by Crippen LogP contribution is 2.32. The number of rotatable bonds is 13. The maximum absolute atomic E-state index is 13.9. The average molecular weight is 876 g/mol. The van der Waals surface area contributed by atoms with Crippen LogP contribution in [0, 0.1) is 0 Å². The van der Waals surface area contributed by atoms with Gasteiger partial charge in [-0.2, -0.15) is 26.3 Å². The number of aliphatic hydroxyl groups excluding tert-OH is 4. The summed E-state index contributed by atoms with van der Waals surface area (Å²) < 4.78 is 98.6. The zero-order chi connectivity index (χ0) is 44.8. The first kappa shape index (κ1) is 46.1. The van der Waals surface area contributed by atoms with Crippen molar-refractivity contribution in [3.8, 4) is 11.1 Å². The molecule has 2 saturated heterocycles. The minimum Gasteiger partial charge on any atom is -0.394 e. The fourth-order valence-corrected chi connectivity index (χ4v) is 7.30. The van der Waals surface area contributed by atoms with E-state index in [4.69, 9.17) is 14.2 Å². The van der Waals surface area contributed by atoms with Gasteiger partial charge in [0.05, 0.1) is 55.9 Å². The standard InChI is InChI=1S/C43H43F6N3O10/c44-42(45,46)28-10-4-6-23(16-28)18-33(55)50-30-22-60-31(20-53)35(52-40(59)27-14-12-26(13-15-27)25-8-2-1-3-9-25)39(30)62-41-36(38(58)37(57)32(21-54)61-41)51-34(56)19-24-7-5-11-29(17-24)43(47,48)49/h1-17,30-32,35-39,41,53-54,57-58H,18-22H2,(H,50,55)(H,51,56)(H,52,59)/t30-,31+,32+,35-,36+,37+,38+,39+,41-/m0/s1. The Morgan fingerprint density at radius 3 is 1.74 bits per heavy atom. The van der Waals surface area contributed by atoms with E-state index < -0.39 is 129 Å². The monoisotopic (exact) mass is 875 g/mol. The third kappa shape index (κ3) is 11.3. The molecule has 0 spiro atoms. The fraction of sp³-hybridized carbons (Fsp3) is 0.372. The maximum atomic E-state index is 13.9. The molecule has 332 valence electrons. The van der Waals surface area contributed by atoms with Gasteiger partial charge in [0, 0.05) is 5.56 Å². The zero-order valence-electron chi connectivity index (χ0n) is 32.6. The van der Waals surface area contributed by atoms with E-state index in [2.05, 4.69) is 16.0 Å². The molecule has 19 heteroatoms. The Labute approximate surface area is 350 Å². The first-order valence-corrected chi connectivity index (χ1v) is 19.3. The molecule has 2 heterocycles. The normalized spacial score (nSPS) is 25.4. The summed E-state index contributed by atoms with van der Waals surface area (Å²) in [5.74, 6) is -2.48. The maximum Gasteiger partial charge on any atom is 0.416 e. The van der Waals surface area contributed by atoms with E-state index in [1.807, 2.05) is 30.3 Å². The first-order valence-electron chi connectivity index (χ1n) is 19.3. The van der Waals surface area contributed by atoms with Gasteiger partial charge >= 0.3 is 12.4 Å². The molecule has 0 bridgehead atoms. The zero-order valence-corrected chi connectivity index (χ0v) is 32.6. The van der Waals surface area contributed by atoms with Crippen molar-refractivity contribution in [3.05, 3.63) is 131 Å². The van der Waals surface area contributed by atoms with Crippen LogP contribution in [0.25, 0.3) is 11.1 Å². The summed E-state index contributed by atoms with van der Waals surface area (Å²) in [6.07, 6.45) is -20.5. The van der Waals surface area contributed by atoms with Gasteiger partial charge in [-0.05, 0) is 46.5 Å². The molecule has 2 aliphatic heterocycles. The second-order valence-electron chi connectivity index (χ2n) is 14.8. The minimum atomic E-state index is -4.71. The molecule has 0 aliphatic carbocycles. The molecule has 4 aromatic rings. The third-order valence-electron chi connectivity index (χ3n) is 10.5. The summed E-state index contributed by atoms with van der Waals surface area (Å²) in [4.78, 5) is 40.7. The molecule has 0 saturated carbocycles. The molecule has 4 aromatic carbocycles. The molecule has 0 radical (unpaired) electrons. The lowest BCUT2D eigenvalue weighted by Gasteiger charge is -2.47. The predicted octanol–water partition coefficient (Wildman–Crippen LogP) is 3.16. The smallest absolute Gasteiger partial charge is 0.394 e. The lowest BCUT2D eigenvalue weighted by molar-refractivity contribution is -0.294. The Bertz CT molecular complexity index is 2160. The van der Waals surface area contributed by atoms with E-state index in [1.54, 1.807) is 12.1 Å². The number of alkyl halides is 6. The Morgan fingerprint density at radius 2 is 1.19 bits per heavy atom. The summed E-state index contributed by atoms with van der Waals surface area (Å²) in [7, 11) is 0. The van der Waals surface area contributed by atoms with Crippen LogP contribution in [0.4, 0.5) is 26.3 Å². The Morgan fingerprint density at radius 1 is 0.645 bits per heavy atom. The Kier molecular flexibility index (Phi) is 14.7. The van der Waals surface area contributed by atoms with Crippen molar-refractivity contribution in [3.63, 3.8) is 0 Å². The van der Waals surface area contributed by atoms with Gasteiger partial charge in [-0.25, -0.2) is 0 Å². The molecule has 9 atom stereocenters. The predicted molar refractivity (Wildman–Crippen MR) is 207 cm³/mol. The summed E-state index contributed by atoms with van der Waals surface area (Å²) in [5, 5.41) is 50.3.